The zero-order chi connectivity index (χ0) is 14.8. The maximum absolute atomic E-state index is 10.1. The Hall–Kier alpha value is -1.53. The number of nitriles is 1. The first-order valence-electron chi connectivity index (χ1n) is 7.24. The minimum atomic E-state index is -0.212. The molecule has 0 radical (unpaired) electrons. The Morgan fingerprint density at radius 3 is 2.75 bits per heavy atom. The summed E-state index contributed by atoms with van der Waals surface area (Å²) in [5, 5.41) is 22.4. The molecular weight excluding hydrogens is 248 g/mol. The normalized spacial score (nSPS) is 28.6. The van der Waals surface area contributed by atoms with E-state index >= 15 is 0 Å². The minimum absolute atomic E-state index is 0.0871. The number of benzene rings is 1. The molecule has 2 rings (SSSR count). The summed E-state index contributed by atoms with van der Waals surface area (Å²) < 4.78 is 0. The second-order valence-corrected chi connectivity index (χ2v) is 7.26. The van der Waals surface area contributed by atoms with Crippen LogP contribution in [0.2, 0.25) is 0 Å². The molecule has 0 heterocycles. The number of aliphatic hydroxyl groups excluding tert-OH is 1. The average molecular weight is 272 g/mol. The lowest BCUT2D eigenvalue weighted by atomic mass is 9.63. The third-order valence-electron chi connectivity index (χ3n) is 4.13. The van der Waals surface area contributed by atoms with E-state index in [4.69, 9.17) is 5.26 Å². The first kappa shape index (κ1) is 14.9. The van der Waals surface area contributed by atoms with Gasteiger partial charge in [0.15, 0.2) is 0 Å². The Morgan fingerprint density at radius 2 is 2.10 bits per heavy atom. The van der Waals surface area contributed by atoms with E-state index in [0.29, 0.717) is 5.56 Å². The second kappa shape index (κ2) is 5.46. The molecule has 0 aliphatic heterocycles. The average Bonchev–Trinajstić information content (AvgIpc) is 2.34. The molecule has 0 spiro atoms. The topological polar surface area (TPSA) is 56.0 Å². The minimum Gasteiger partial charge on any atom is -0.393 e. The molecule has 0 amide bonds. The Morgan fingerprint density at radius 1 is 1.35 bits per heavy atom. The maximum Gasteiger partial charge on any atom is 0.0992 e. The lowest BCUT2D eigenvalue weighted by Gasteiger charge is -2.45. The van der Waals surface area contributed by atoms with Crippen LogP contribution in [0.5, 0.6) is 0 Å². The predicted molar refractivity (Wildman–Crippen MR) is 81.4 cm³/mol. The molecule has 20 heavy (non-hydrogen) atoms. The van der Waals surface area contributed by atoms with Crippen molar-refractivity contribution in [3.8, 4) is 6.07 Å². The molecule has 0 bridgehead atoms. The lowest BCUT2D eigenvalue weighted by Crippen LogP contribution is -2.42. The Bertz CT molecular complexity index is 518. The predicted octanol–water partition coefficient (Wildman–Crippen LogP) is 3.55. The van der Waals surface area contributed by atoms with Crippen LogP contribution in [0.25, 0.3) is 0 Å². The van der Waals surface area contributed by atoms with E-state index in [1.165, 1.54) is 0 Å². The second-order valence-electron chi connectivity index (χ2n) is 7.26. The van der Waals surface area contributed by atoms with Crippen molar-refractivity contribution >= 4 is 5.69 Å². The summed E-state index contributed by atoms with van der Waals surface area (Å²) >= 11 is 0. The van der Waals surface area contributed by atoms with Gasteiger partial charge in [-0.15, -0.1) is 0 Å². The van der Waals surface area contributed by atoms with Crippen LogP contribution < -0.4 is 5.32 Å². The van der Waals surface area contributed by atoms with Gasteiger partial charge in [0.1, 0.15) is 0 Å². The van der Waals surface area contributed by atoms with E-state index < -0.39 is 0 Å². The number of aliphatic hydroxyl groups is 1. The summed E-state index contributed by atoms with van der Waals surface area (Å²) in [5.74, 6) is 0. The molecule has 0 aromatic heterocycles. The largest absolute Gasteiger partial charge is 0.393 e. The van der Waals surface area contributed by atoms with Gasteiger partial charge >= 0.3 is 0 Å². The summed E-state index contributed by atoms with van der Waals surface area (Å²) in [6.45, 7) is 7.51. The van der Waals surface area contributed by atoms with Crippen LogP contribution in [0.4, 0.5) is 5.69 Å². The number of nitrogens with zero attached hydrogens (tertiary/aromatic N) is 1. The fraction of sp³-hybridized carbons (Fsp3) is 0.588. The molecule has 3 heteroatoms. The molecule has 1 fully saturated rings. The quantitative estimate of drug-likeness (QED) is 0.884. The summed E-state index contributed by atoms with van der Waals surface area (Å²) in [6.07, 6.45) is 2.60. The van der Waals surface area contributed by atoms with Crippen LogP contribution >= 0.6 is 0 Å². The van der Waals surface area contributed by atoms with Gasteiger partial charge in [-0.25, -0.2) is 0 Å². The van der Waals surface area contributed by atoms with Crippen molar-refractivity contribution in [1.82, 2.24) is 0 Å². The Balaban J connectivity index is 2.03. The van der Waals surface area contributed by atoms with E-state index in [1.807, 2.05) is 18.2 Å². The van der Waals surface area contributed by atoms with Crippen molar-refractivity contribution in [2.24, 2.45) is 10.8 Å². The fourth-order valence-electron chi connectivity index (χ4n) is 3.73. The molecule has 0 unspecified atom stereocenters. The van der Waals surface area contributed by atoms with Crippen molar-refractivity contribution < 1.29 is 5.11 Å². The van der Waals surface area contributed by atoms with Gasteiger partial charge in [-0.3, -0.25) is 0 Å². The number of rotatable bonds is 3. The summed E-state index contributed by atoms with van der Waals surface area (Å²) in [6, 6.07) is 9.70. The Labute approximate surface area is 121 Å². The van der Waals surface area contributed by atoms with Crippen molar-refractivity contribution in [1.29, 1.82) is 5.26 Å². The Kier molecular flexibility index (Phi) is 4.06. The van der Waals surface area contributed by atoms with Crippen LogP contribution in [0.15, 0.2) is 24.3 Å². The van der Waals surface area contributed by atoms with Gasteiger partial charge in [-0.2, -0.15) is 5.26 Å². The highest BCUT2D eigenvalue weighted by atomic mass is 16.3. The third kappa shape index (κ3) is 3.74. The van der Waals surface area contributed by atoms with E-state index in [9.17, 15) is 5.11 Å². The van der Waals surface area contributed by atoms with E-state index in [1.54, 1.807) is 6.07 Å². The smallest absolute Gasteiger partial charge is 0.0992 e. The van der Waals surface area contributed by atoms with Crippen LogP contribution in [0, 0.1) is 22.2 Å². The van der Waals surface area contributed by atoms with Crippen LogP contribution in [0.3, 0.4) is 0 Å². The van der Waals surface area contributed by atoms with Crippen LogP contribution in [0.1, 0.15) is 45.6 Å². The summed E-state index contributed by atoms with van der Waals surface area (Å²) in [5.41, 5.74) is 1.92. The summed E-state index contributed by atoms with van der Waals surface area (Å²) in [7, 11) is 0. The molecule has 1 aliphatic rings. The molecular formula is C17H24N2O. The molecule has 2 N–H and O–H groups in total. The number of hydrogen-bond donors (Lipinski definition) is 2. The molecule has 1 saturated carbocycles. The molecule has 0 saturated heterocycles. The third-order valence-corrected chi connectivity index (χ3v) is 4.13. The van der Waals surface area contributed by atoms with Gasteiger partial charge in [0.25, 0.3) is 0 Å². The monoisotopic (exact) mass is 272 g/mol. The molecule has 3 nitrogen and oxygen atoms in total. The zero-order valence-corrected chi connectivity index (χ0v) is 12.6. The first-order chi connectivity index (χ1) is 9.32. The van der Waals surface area contributed by atoms with Gasteiger partial charge in [0.05, 0.1) is 17.7 Å². The van der Waals surface area contributed by atoms with Gasteiger partial charge in [-0.1, -0.05) is 26.8 Å². The van der Waals surface area contributed by atoms with Crippen LogP contribution in [-0.4, -0.2) is 17.8 Å². The van der Waals surface area contributed by atoms with Crippen molar-refractivity contribution in [3.05, 3.63) is 29.8 Å². The SMILES string of the molecule is CC1(C)C[C@H](O)C[C@](C)(CNc2cccc(C#N)c2)C1. The van der Waals surface area contributed by atoms with Gasteiger partial charge in [-0.05, 0) is 48.3 Å². The molecule has 1 aliphatic carbocycles. The highest BCUT2D eigenvalue weighted by Gasteiger charge is 2.40. The lowest BCUT2D eigenvalue weighted by molar-refractivity contribution is -0.00317. The van der Waals surface area contributed by atoms with E-state index in [2.05, 4.69) is 32.2 Å². The van der Waals surface area contributed by atoms with Gasteiger partial charge in [0, 0.05) is 12.2 Å². The highest BCUT2D eigenvalue weighted by molar-refractivity contribution is 5.49. The zero-order valence-electron chi connectivity index (χ0n) is 12.6. The van der Waals surface area contributed by atoms with E-state index in [0.717, 1.165) is 31.5 Å². The van der Waals surface area contributed by atoms with Crippen molar-refractivity contribution in [2.75, 3.05) is 11.9 Å². The number of hydrogen-bond acceptors (Lipinski definition) is 3. The van der Waals surface area contributed by atoms with Crippen molar-refractivity contribution in [2.45, 2.75) is 46.1 Å². The number of nitrogens with one attached hydrogen (secondary N) is 1. The van der Waals surface area contributed by atoms with Gasteiger partial charge in [0.2, 0.25) is 0 Å². The van der Waals surface area contributed by atoms with E-state index in [-0.39, 0.29) is 16.9 Å². The highest BCUT2D eigenvalue weighted by Crippen LogP contribution is 2.46. The maximum atomic E-state index is 10.1. The number of anilines is 1. The fourth-order valence-corrected chi connectivity index (χ4v) is 3.73. The summed E-state index contributed by atoms with van der Waals surface area (Å²) in [4.78, 5) is 0. The molecule has 2 atom stereocenters. The first-order valence-corrected chi connectivity index (χ1v) is 7.24. The van der Waals surface area contributed by atoms with Gasteiger partial charge < -0.3 is 10.4 Å². The van der Waals surface area contributed by atoms with Crippen LogP contribution in [-0.2, 0) is 0 Å². The molecule has 1 aromatic rings. The van der Waals surface area contributed by atoms with Crippen molar-refractivity contribution in [3.63, 3.8) is 0 Å². The molecule has 1 aromatic carbocycles. The molecule has 108 valence electrons. The standard InChI is InChI=1S/C17H24N2O/c1-16(2)8-15(20)9-17(3,11-16)12-19-14-6-4-5-13(7-14)10-18/h4-7,15,19-20H,8-9,11-12H2,1-3H3/t15-,17-/m0/s1.